The van der Waals surface area contributed by atoms with Crippen LogP contribution in [0, 0.1) is 0 Å². The second kappa shape index (κ2) is 5.29. The maximum Gasteiger partial charge on any atom is 0.310 e. The van der Waals surface area contributed by atoms with Crippen molar-refractivity contribution in [3.63, 3.8) is 0 Å². The summed E-state index contributed by atoms with van der Waals surface area (Å²) >= 11 is 5.86. The molecule has 2 aromatic rings. The number of hydrogen-bond acceptors (Lipinski definition) is 1. The Bertz CT molecular complexity index is 634. The molecule has 2 atom stereocenters. The standard InChI is InChI=1S/C17H15ClO2/c18-14-7-5-11(6-8-14)16(17(19)20)10-13-9-12-3-1-2-4-15(12)13/h1-8,13,16H,9-10H2,(H,19,20). The number of halogens is 1. The Morgan fingerprint density at radius 3 is 2.55 bits per heavy atom. The Hall–Kier alpha value is -1.80. The fourth-order valence-electron chi connectivity index (χ4n) is 2.93. The molecule has 0 radical (unpaired) electrons. The van der Waals surface area contributed by atoms with Crippen LogP contribution < -0.4 is 0 Å². The van der Waals surface area contributed by atoms with Gasteiger partial charge in [-0.25, -0.2) is 0 Å². The van der Waals surface area contributed by atoms with E-state index in [4.69, 9.17) is 11.6 Å². The minimum atomic E-state index is -0.767. The Kier molecular flexibility index (Phi) is 3.49. The molecule has 0 aromatic heterocycles. The van der Waals surface area contributed by atoms with E-state index in [1.165, 1.54) is 11.1 Å². The molecule has 0 saturated carbocycles. The van der Waals surface area contributed by atoms with Crippen LogP contribution in [0.15, 0.2) is 48.5 Å². The monoisotopic (exact) mass is 286 g/mol. The molecule has 2 aromatic carbocycles. The molecule has 0 amide bonds. The average Bonchev–Trinajstić information content (AvgIpc) is 2.41. The number of hydrogen-bond donors (Lipinski definition) is 1. The van der Waals surface area contributed by atoms with Crippen molar-refractivity contribution in [3.05, 3.63) is 70.2 Å². The lowest BCUT2D eigenvalue weighted by Crippen LogP contribution is -2.22. The van der Waals surface area contributed by atoms with E-state index in [-0.39, 0.29) is 0 Å². The summed E-state index contributed by atoms with van der Waals surface area (Å²) in [6.07, 6.45) is 1.63. The van der Waals surface area contributed by atoms with E-state index in [0.717, 1.165) is 12.0 Å². The Morgan fingerprint density at radius 2 is 1.90 bits per heavy atom. The van der Waals surface area contributed by atoms with E-state index in [0.29, 0.717) is 17.4 Å². The lowest BCUT2D eigenvalue weighted by Gasteiger charge is -2.32. The number of rotatable bonds is 4. The summed E-state index contributed by atoms with van der Waals surface area (Å²) in [6.45, 7) is 0. The highest BCUT2D eigenvalue weighted by Crippen LogP contribution is 2.41. The minimum Gasteiger partial charge on any atom is -0.481 e. The first kappa shape index (κ1) is 13.2. The topological polar surface area (TPSA) is 37.3 Å². The van der Waals surface area contributed by atoms with E-state index in [1.54, 1.807) is 12.1 Å². The van der Waals surface area contributed by atoms with Crippen molar-refractivity contribution < 1.29 is 9.90 Å². The molecule has 1 aliphatic carbocycles. The maximum atomic E-state index is 11.5. The highest BCUT2D eigenvalue weighted by Gasteiger charge is 2.31. The van der Waals surface area contributed by atoms with E-state index in [1.807, 2.05) is 24.3 Å². The van der Waals surface area contributed by atoms with Crippen molar-refractivity contribution in [2.24, 2.45) is 0 Å². The van der Waals surface area contributed by atoms with Gasteiger partial charge < -0.3 is 5.11 Å². The number of carboxylic acid groups (broad SMARTS) is 1. The first-order chi connectivity index (χ1) is 9.65. The lowest BCUT2D eigenvalue weighted by atomic mass is 9.72. The van der Waals surface area contributed by atoms with Crippen molar-refractivity contribution in [1.29, 1.82) is 0 Å². The van der Waals surface area contributed by atoms with E-state index in [9.17, 15) is 9.90 Å². The molecule has 20 heavy (non-hydrogen) atoms. The third kappa shape index (κ3) is 2.44. The molecule has 3 rings (SSSR count). The summed E-state index contributed by atoms with van der Waals surface area (Å²) in [6, 6.07) is 15.4. The van der Waals surface area contributed by atoms with Crippen LogP contribution in [0.25, 0.3) is 0 Å². The minimum absolute atomic E-state index is 0.350. The number of aliphatic carboxylic acids is 1. The van der Waals surface area contributed by atoms with Crippen LogP contribution >= 0.6 is 11.6 Å². The van der Waals surface area contributed by atoms with Gasteiger partial charge in [0, 0.05) is 5.02 Å². The predicted octanol–water partition coefficient (Wildman–Crippen LogP) is 4.24. The quantitative estimate of drug-likeness (QED) is 0.913. The van der Waals surface area contributed by atoms with Gasteiger partial charge in [0.2, 0.25) is 0 Å². The van der Waals surface area contributed by atoms with E-state index < -0.39 is 11.9 Å². The van der Waals surface area contributed by atoms with Gasteiger partial charge in [0.15, 0.2) is 0 Å². The zero-order valence-corrected chi connectivity index (χ0v) is 11.7. The van der Waals surface area contributed by atoms with Crippen molar-refractivity contribution >= 4 is 17.6 Å². The van der Waals surface area contributed by atoms with Crippen LogP contribution in [0.5, 0.6) is 0 Å². The molecule has 0 spiro atoms. The summed E-state index contributed by atoms with van der Waals surface area (Å²) in [5, 5.41) is 10.1. The average molecular weight is 287 g/mol. The zero-order valence-electron chi connectivity index (χ0n) is 10.9. The van der Waals surface area contributed by atoms with Crippen molar-refractivity contribution in [2.75, 3.05) is 0 Å². The Morgan fingerprint density at radius 1 is 1.20 bits per heavy atom. The first-order valence-corrected chi connectivity index (χ1v) is 7.09. The fraction of sp³-hybridized carbons (Fsp3) is 0.235. The SMILES string of the molecule is O=C(O)C(CC1Cc2ccccc21)c1ccc(Cl)cc1. The van der Waals surface area contributed by atoms with Gasteiger partial charge in [-0.3, -0.25) is 4.79 Å². The summed E-state index contributed by atoms with van der Waals surface area (Å²) in [4.78, 5) is 11.5. The van der Waals surface area contributed by atoms with Gasteiger partial charge in [-0.2, -0.15) is 0 Å². The first-order valence-electron chi connectivity index (χ1n) is 6.71. The molecule has 1 N–H and O–H groups in total. The van der Waals surface area contributed by atoms with Gasteiger partial charge >= 0.3 is 5.97 Å². The molecule has 0 bridgehead atoms. The fourth-order valence-corrected chi connectivity index (χ4v) is 3.06. The van der Waals surface area contributed by atoms with Crippen LogP contribution in [-0.4, -0.2) is 11.1 Å². The van der Waals surface area contributed by atoms with Crippen molar-refractivity contribution in [3.8, 4) is 0 Å². The Balaban J connectivity index is 1.80. The lowest BCUT2D eigenvalue weighted by molar-refractivity contribution is -0.139. The zero-order chi connectivity index (χ0) is 14.1. The second-order valence-corrected chi connectivity index (χ2v) is 5.71. The molecule has 3 heteroatoms. The van der Waals surface area contributed by atoms with E-state index in [2.05, 4.69) is 12.1 Å². The summed E-state index contributed by atoms with van der Waals surface area (Å²) in [5.74, 6) is -0.884. The van der Waals surface area contributed by atoms with Crippen LogP contribution in [0.1, 0.15) is 34.9 Å². The van der Waals surface area contributed by atoms with Crippen LogP contribution in [0.3, 0.4) is 0 Å². The molecule has 0 heterocycles. The van der Waals surface area contributed by atoms with Gasteiger partial charge in [0.05, 0.1) is 5.92 Å². The number of fused-ring (bicyclic) bond motifs is 1. The third-order valence-electron chi connectivity index (χ3n) is 4.05. The highest BCUT2D eigenvalue weighted by molar-refractivity contribution is 6.30. The largest absolute Gasteiger partial charge is 0.481 e. The van der Waals surface area contributed by atoms with Gasteiger partial charge in [-0.1, -0.05) is 48.0 Å². The summed E-state index contributed by atoms with van der Waals surface area (Å²) < 4.78 is 0. The molecule has 0 aliphatic heterocycles. The number of carboxylic acids is 1. The molecule has 2 nitrogen and oxygen atoms in total. The van der Waals surface area contributed by atoms with Gasteiger partial charge in [-0.15, -0.1) is 0 Å². The smallest absolute Gasteiger partial charge is 0.310 e. The molecule has 0 saturated heterocycles. The van der Waals surface area contributed by atoms with E-state index >= 15 is 0 Å². The predicted molar refractivity (Wildman–Crippen MR) is 79.3 cm³/mol. The summed E-state index contributed by atoms with van der Waals surface area (Å²) in [5.41, 5.74) is 3.47. The summed E-state index contributed by atoms with van der Waals surface area (Å²) in [7, 11) is 0. The molecular formula is C17H15ClO2. The highest BCUT2D eigenvalue weighted by atomic mass is 35.5. The molecule has 2 unspecified atom stereocenters. The molecular weight excluding hydrogens is 272 g/mol. The van der Waals surface area contributed by atoms with Crippen LogP contribution in [0.4, 0.5) is 0 Å². The molecule has 1 aliphatic rings. The van der Waals surface area contributed by atoms with Crippen LogP contribution in [-0.2, 0) is 11.2 Å². The molecule has 0 fully saturated rings. The normalized spacial score (nSPS) is 17.9. The number of benzene rings is 2. The van der Waals surface area contributed by atoms with Crippen molar-refractivity contribution in [1.82, 2.24) is 0 Å². The van der Waals surface area contributed by atoms with Gasteiger partial charge in [-0.05, 0) is 47.6 Å². The van der Waals surface area contributed by atoms with Gasteiger partial charge in [0.25, 0.3) is 0 Å². The van der Waals surface area contributed by atoms with Crippen LogP contribution in [0.2, 0.25) is 5.02 Å². The Labute approximate surface area is 123 Å². The van der Waals surface area contributed by atoms with Crippen molar-refractivity contribution in [2.45, 2.75) is 24.7 Å². The second-order valence-electron chi connectivity index (χ2n) is 5.28. The molecule has 102 valence electrons. The third-order valence-corrected chi connectivity index (χ3v) is 4.30. The number of carbonyl (C=O) groups is 1. The van der Waals surface area contributed by atoms with Gasteiger partial charge in [0.1, 0.15) is 0 Å². The maximum absolute atomic E-state index is 11.5.